The Kier molecular flexibility index (Phi) is 8.81. The summed E-state index contributed by atoms with van der Waals surface area (Å²) < 4.78 is 5.69. The molecule has 0 saturated carbocycles. The van der Waals surface area contributed by atoms with Crippen molar-refractivity contribution in [1.29, 1.82) is 0 Å². The first kappa shape index (κ1) is 23.5. The number of unbranched alkanes of at least 4 members (excludes halogenated alkanes) is 2. The second-order valence-corrected chi connectivity index (χ2v) is 8.05. The van der Waals surface area contributed by atoms with Gasteiger partial charge in [-0.15, -0.1) is 0 Å². The maximum atomic E-state index is 11.4. The van der Waals surface area contributed by atoms with E-state index in [1.54, 1.807) is 0 Å². The van der Waals surface area contributed by atoms with Crippen LogP contribution >= 0.6 is 0 Å². The van der Waals surface area contributed by atoms with Crippen LogP contribution in [0.3, 0.4) is 0 Å². The smallest absolute Gasteiger partial charge is 0.306 e. The maximum Gasteiger partial charge on any atom is 0.306 e. The van der Waals surface area contributed by atoms with Crippen molar-refractivity contribution in [2.75, 3.05) is 6.61 Å². The van der Waals surface area contributed by atoms with Gasteiger partial charge in [-0.05, 0) is 53.1 Å². The van der Waals surface area contributed by atoms with E-state index in [1.165, 1.54) is 11.1 Å². The molecule has 3 rings (SSSR count). The Morgan fingerprint density at radius 2 is 1.53 bits per heavy atom. The fourth-order valence-corrected chi connectivity index (χ4v) is 3.97. The fraction of sp³-hybridized carbons (Fsp3) is 0.333. The molecule has 0 aliphatic rings. The van der Waals surface area contributed by atoms with Crippen molar-refractivity contribution in [1.82, 2.24) is 0 Å². The van der Waals surface area contributed by atoms with Gasteiger partial charge >= 0.3 is 11.9 Å². The zero-order valence-corrected chi connectivity index (χ0v) is 18.2. The molecule has 0 heterocycles. The largest absolute Gasteiger partial charge is 0.481 e. The van der Waals surface area contributed by atoms with E-state index < -0.39 is 18.0 Å². The van der Waals surface area contributed by atoms with Crippen LogP contribution in [0, 0.1) is 0 Å². The summed E-state index contributed by atoms with van der Waals surface area (Å²) in [6.07, 6.45) is 4.40. The Hall–Kier alpha value is -3.18. The summed E-state index contributed by atoms with van der Waals surface area (Å²) in [6.45, 7) is -0.0230. The number of ether oxygens (including phenoxy) is 1. The maximum absolute atomic E-state index is 11.4. The highest BCUT2D eigenvalue weighted by Crippen LogP contribution is 2.30. The number of benzene rings is 3. The molecule has 0 spiro atoms. The average molecular weight is 435 g/mol. The standard InChI is InChI=1S/C27H30O5/c28-26(29)16-17-32-25(19-27(30)31)23-13-7-12-22-15-14-21(18-24(22)23)11-6-2-5-10-20-8-3-1-4-9-20/h1,3-4,7-9,12-15,18,25H,2,5-6,10-11,16-17,19H2,(H,28,29)(H,30,31). The van der Waals surface area contributed by atoms with Gasteiger partial charge in [0.2, 0.25) is 0 Å². The number of aryl methyl sites for hydroxylation is 2. The molecule has 2 N–H and O–H groups in total. The molecule has 0 radical (unpaired) electrons. The molecule has 32 heavy (non-hydrogen) atoms. The van der Waals surface area contributed by atoms with E-state index >= 15 is 0 Å². The van der Waals surface area contributed by atoms with Crippen LogP contribution < -0.4 is 0 Å². The van der Waals surface area contributed by atoms with Gasteiger partial charge in [-0.1, -0.05) is 73.2 Å². The number of carboxylic acid groups (broad SMARTS) is 2. The van der Waals surface area contributed by atoms with Gasteiger partial charge in [-0.3, -0.25) is 9.59 Å². The third-order valence-electron chi connectivity index (χ3n) is 5.60. The second-order valence-electron chi connectivity index (χ2n) is 8.05. The van der Waals surface area contributed by atoms with Gasteiger partial charge in [0.15, 0.2) is 0 Å². The second kappa shape index (κ2) is 12.0. The highest BCUT2D eigenvalue weighted by atomic mass is 16.5. The number of rotatable bonds is 13. The topological polar surface area (TPSA) is 83.8 Å². The van der Waals surface area contributed by atoms with E-state index in [-0.39, 0.29) is 19.4 Å². The van der Waals surface area contributed by atoms with Crippen LogP contribution in [0.2, 0.25) is 0 Å². The molecular weight excluding hydrogens is 404 g/mol. The SMILES string of the molecule is O=C(O)CCOC(CC(=O)O)c1cccc2ccc(CCCCCc3ccccc3)cc12. The summed E-state index contributed by atoms with van der Waals surface area (Å²) in [7, 11) is 0. The quantitative estimate of drug-likeness (QED) is 0.332. The van der Waals surface area contributed by atoms with Crippen LogP contribution in [0.4, 0.5) is 0 Å². The Morgan fingerprint density at radius 1 is 0.781 bits per heavy atom. The third-order valence-corrected chi connectivity index (χ3v) is 5.60. The van der Waals surface area contributed by atoms with E-state index in [2.05, 4.69) is 42.5 Å². The predicted molar refractivity (Wildman–Crippen MR) is 125 cm³/mol. The number of hydrogen-bond acceptors (Lipinski definition) is 3. The lowest BCUT2D eigenvalue weighted by molar-refractivity contribution is -0.141. The highest BCUT2D eigenvalue weighted by Gasteiger charge is 2.19. The first-order valence-electron chi connectivity index (χ1n) is 11.1. The van der Waals surface area contributed by atoms with Crippen molar-refractivity contribution in [2.45, 2.75) is 51.0 Å². The molecule has 0 saturated heterocycles. The molecule has 5 heteroatoms. The van der Waals surface area contributed by atoms with Crippen molar-refractivity contribution < 1.29 is 24.5 Å². The van der Waals surface area contributed by atoms with E-state index in [0.29, 0.717) is 0 Å². The lowest BCUT2D eigenvalue weighted by Crippen LogP contribution is -2.13. The van der Waals surface area contributed by atoms with Crippen LogP contribution in [0.25, 0.3) is 10.8 Å². The first-order chi connectivity index (χ1) is 15.5. The summed E-state index contributed by atoms with van der Waals surface area (Å²) in [4.78, 5) is 22.2. The molecule has 3 aromatic carbocycles. The minimum atomic E-state index is -0.975. The Balaban J connectivity index is 1.66. The highest BCUT2D eigenvalue weighted by molar-refractivity contribution is 5.87. The van der Waals surface area contributed by atoms with Crippen molar-refractivity contribution in [2.24, 2.45) is 0 Å². The van der Waals surface area contributed by atoms with Crippen LogP contribution in [-0.2, 0) is 27.2 Å². The lowest BCUT2D eigenvalue weighted by atomic mass is 9.95. The lowest BCUT2D eigenvalue weighted by Gasteiger charge is -2.19. The van der Waals surface area contributed by atoms with Gasteiger partial charge in [0.1, 0.15) is 0 Å². The van der Waals surface area contributed by atoms with Crippen LogP contribution in [-0.4, -0.2) is 28.8 Å². The first-order valence-corrected chi connectivity index (χ1v) is 11.1. The third kappa shape index (κ3) is 7.20. The average Bonchev–Trinajstić information content (AvgIpc) is 2.78. The van der Waals surface area contributed by atoms with E-state index in [4.69, 9.17) is 9.84 Å². The van der Waals surface area contributed by atoms with Crippen molar-refractivity contribution >= 4 is 22.7 Å². The molecule has 1 atom stereocenters. The minimum absolute atomic E-state index is 0.0230. The Morgan fingerprint density at radius 3 is 2.25 bits per heavy atom. The Bertz CT molecular complexity index is 1030. The van der Waals surface area contributed by atoms with Gasteiger partial charge < -0.3 is 14.9 Å². The molecule has 0 bridgehead atoms. The number of hydrogen-bond donors (Lipinski definition) is 2. The van der Waals surface area contributed by atoms with Crippen molar-refractivity contribution in [3.63, 3.8) is 0 Å². The molecular formula is C27H30O5. The normalized spacial score (nSPS) is 12.0. The molecule has 3 aromatic rings. The summed E-state index contributed by atoms with van der Waals surface area (Å²) in [5.74, 6) is -1.94. The fourth-order valence-electron chi connectivity index (χ4n) is 3.97. The summed E-state index contributed by atoms with van der Waals surface area (Å²) >= 11 is 0. The summed E-state index contributed by atoms with van der Waals surface area (Å²) in [5, 5.41) is 20.2. The summed E-state index contributed by atoms with van der Waals surface area (Å²) in [6, 6.07) is 22.6. The van der Waals surface area contributed by atoms with Crippen molar-refractivity contribution in [3.05, 3.63) is 83.4 Å². The predicted octanol–water partition coefficient (Wildman–Crippen LogP) is 5.80. The number of carbonyl (C=O) groups is 2. The molecule has 0 aromatic heterocycles. The molecule has 168 valence electrons. The zero-order valence-electron chi connectivity index (χ0n) is 18.2. The zero-order chi connectivity index (χ0) is 22.8. The van der Waals surface area contributed by atoms with Gasteiger partial charge in [0.05, 0.1) is 25.6 Å². The molecule has 1 unspecified atom stereocenters. The van der Waals surface area contributed by atoms with Gasteiger partial charge in [-0.25, -0.2) is 0 Å². The van der Waals surface area contributed by atoms with E-state index in [0.717, 1.165) is 48.4 Å². The van der Waals surface area contributed by atoms with Gasteiger partial charge in [0.25, 0.3) is 0 Å². The van der Waals surface area contributed by atoms with Crippen molar-refractivity contribution in [3.8, 4) is 0 Å². The van der Waals surface area contributed by atoms with Crippen LogP contribution in [0.15, 0.2) is 66.7 Å². The van der Waals surface area contributed by atoms with Crippen LogP contribution in [0.1, 0.15) is 54.9 Å². The monoisotopic (exact) mass is 434 g/mol. The van der Waals surface area contributed by atoms with Crippen LogP contribution in [0.5, 0.6) is 0 Å². The number of aliphatic carboxylic acids is 2. The number of carboxylic acids is 2. The molecule has 0 aliphatic heterocycles. The van der Waals surface area contributed by atoms with E-state index in [9.17, 15) is 14.7 Å². The molecule has 0 aliphatic carbocycles. The molecule has 0 fully saturated rings. The molecule has 5 nitrogen and oxygen atoms in total. The summed E-state index contributed by atoms with van der Waals surface area (Å²) in [5.41, 5.74) is 3.38. The Labute approximate surface area is 188 Å². The molecule has 0 amide bonds. The number of fused-ring (bicyclic) bond motifs is 1. The van der Waals surface area contributed by atoms with Gasteiger partial charge in [-0.2, -0.15) is 0 Å². The van der Waals surface area contributed by atoms with Gasteiger partial charge in [0, 0.05) is 0 Å². The van der Waals surface area contributed by atoms with E-state index in [1.807, 2.05) is 24.3 Å². The minimum Gasteiger partial charge on any atom is -0.481 e.